The van der Waals surface area contributed by atoms with Crippen LogP contribution in [0.25, 0.3) is 11.0 Å². The van der Waals surface area contributed by atoms with Gasteiger partial charge in [-0.25, -0.2) is 9.97 Å². The smallest absolute Gasteiger partial charge is 0.266 e. The van der Waals surface area contributed by atoms with Crippen LogP contribution in [0.1, 0.15) is 38.1 Å². The Hall–Kier alpha value is -2.48. The molecule has 0 spiro atoms. The van der Waals surface area contributed by atoms with E-state index < -0.39 is 0 Å². The predicted molar refractivity (Wildman–Crippen MR) is 113 cm³/mol. The highest BCUT2D eigenvalue weighted by Gasteiger charge is 2.22. The number of hydrogen-bond donors (Lipinski definition) is 1. The van der Waals surface area contributed by atoms with E-state index in [1.165, 1.54) is 6.42 Å². The van der Waals surface area contributed by atoms with E-state index in [4.69, 9.17) is 0 Å². The molecule has 1 aliphatic heterocycles. The van der Waals surface area contributed by atoms with Crippen LogP contribution < -0.4 is 15.8 Å². The first-order valence-corrected chi connectivity index (χ1v) is 10.5. The number of aromatic nitrogens is 4. The van der Waals surface area contributed by atoms with E-state index in [0.29, 0.717) is 21.9 Å². The molecule has 3 aromatic rings. The monoisotopic (exact) mass is 440 g/mol. The van der Waals surface area contributed by atoms with Gasteiger partial charge in [-0.2, -0.15) is 4.98 Å². The first-order valence-electron chi connectivity index (χ1n) is 9.75. The van der Waals surface area contributed by atoms with Gasteiger partial charge >= 0.3 is 0 Å². The number of nitrogens with one attached hydrogen (secondary N) is 1. The Morgan fingerprint density at radius 3 is 2.57 bits per heavy atom. The highest BCUT2D eigenvalue weighted by molar-refractivity contribution is 9.10. The van der Waals surface area contributed by atoms with Gasteiger partial charge in [0.2, 0.25) is 5.95 Å². The molecule has 8 heteroatoms. The van der Waals surface area contributed by atoms with Gasteiger partial charge in [-0.1, -0.05) is 12.8 Å². The van der Waals surface area contributed by atoms with Crippen molar-refractivity contribution in [2.75, 3.05) is 23.3 Å². The Balaban J connectivity index is 1.49. The zero-order chi connectivity index (χ0) is 19.1. The van der Waals surface area contributed by atoms with Gasteiger partial charge < -0.3 is 10.2 Å². The molecule has 4 heterocycles. The molecule has 1 aliphatic carbocycles. The van der Waals surface area contributed by atoms with Crippen molar-refractivity contribution < 1.29 is 0 Å². The van der Waals surface area contributed by atoms with Crippen molar-refractivity contribution in [1.82, 2.24) is 19.5 Å². The van der Waals surface area contributed by atoms with Crippen LogP contribution in [0.2, 0.25) is 0 Å². The van der Waals surface area contributed by atoms with Crippen LogP contribution in [-0.4, -0.2) is 32.6 Å². The molecule has 1 saturated carbocycles. The molecule has 28 heavy (non-hydrogen) atoms. The lowest BCUT2D eigenvalue weighted by atomic mass is 10.2. The summed E-state index contributed by atoms with van der Waals surface area (Å²) < 4.78 is 2.39. The first kappa shape index (κ1) is 17.6. The van der Waals surface area contributed by atoms with E-state index in [-0.39, 0.29) is 11.6 Å². The van der Waals surface area contributed by atoms with E-state index in [1.807, 2.05) is 16.8 Å². The molecule has 2 fully saturated rings. The van der Waals surface area contributed by atoms with E-state index >= 15 is 0 Å². The van der Waals surface area contributed by atoms with Crippen LogP contribution in [0.4, 0.5) is 17.5 Å². The fourth-order valence-electron chi connectivity index (χ4n) is 3.98. The number of fused-ring (bicyclic) bond motifs is 1. The molecule has 0 bridgehead atoms. The van der Waals surface area contributed by atoms with Crippen LogP contribution >= 0.6 is 15.9 Å². The normalized spacial score (nSPS) is 17.1. The summed E-state index contributed by atoms with van der Waals surface area (Å²) in [5.41, 5.74) is 1.78. The van der Waals surface area contributed by atoms with Crippen molar-refractivity contribution in [1.29, 1.82) is 0 Å². The second kappa shape index (κ2) is 7.16. The molecule has 0 unspecified atom stereocenters. The molecule has 1 N–H and O–H groups in total. The summed E-state index contributed by atoms with van der Waals surface area (Å²) >= 11 is 3.40. The number of pyridine rings is 2. The lowest BCUT2D eigenvalue weighted by Gasteiger charge is -2.32. The average molecular weight is 441 g/mol. The number of rotatable bonds is 4. The summed E-state index contributed by atoms with van der Waals surface area (Å²) in [5, 5.41) is 4.02. The maximum atomic E-state index is 12.8. The van der Waals surface area contributed by atoms with Crippen LogP contribution in [0, 0.1) is 0 Å². The topological polar surface area (TPSA) is 75.9 Å². The van der Waals surface area contributed by atoms with Gasteiger partial charge in [0.1, 0.15) is 11.5 Å². The van der Waals surface area contributed by atoms with E-state index in [1.54, 1.807) is 12.3 Å². The molecule has 3 aromatic heterocycles. The zero-order valence-corrected chi connectivity index (χ0v) is 17.0. The van der Waals surface area contributed by atoms with Gasteiger partial charge in [0.15, 0.2) is 0 Å². The van der Waals surface area contributed by atoms with Gasteiger partial charge in [0, 0.05) is 30.7 Å². The molecular weight excluding hydrogens is 420 g/mol. The third-order valence-corrected chi connectivity index (χ3v) is 6.20. The molecule has 7 nitrogen and oxygen atoms in total. The molecule has 5 rings (SSSR count). The fraction of sp³-hybridized carbons (Fsp3) is 0.400. The third-order valence-electron chi connectivity index (χ3n) is 5.63. The molecular formula is C20H21BrN6O. The van der Waals surface area contributed by atoms with Crippen molar-refractivity contribution in [2.24, 2.45) is 0 Å². The lowest BCUT2D eigenvalue weighted by Crippen LogP contribution is -2.36. The van der Waals surface area contributed by atoms with Crippen molar-refractivity contribution in [3.05, 3.63) is 45.4 Å². The zero-order valence-electron chi connectivity index (χ0n) is 15.4. The second-order valence-corrected chi connectivity index (χ2v) is 8.30. The van der Waals surface area contributed by atoms with E-state index in [9.17, 15) is 4.79 Å². The largest absolute Gasteiger partial charge is 0.370 e. The van der Waals surface area contributed by atoms with Crippen LogP contribution in [0.15, 0.2) is 39.9 Å². The summed E-state index contributed by atoms with van der Waals surface area (Å²) in [6.07, 6.45) is 9.19. The van der Waals surface area contributed by atoms with E-state index in [2.05, 4.69) is 47.2 Å². The molecule has 0 atom stereocenters. The standard InChI is InChI=1S/C20H21BrN6O/c21-16-10-13-11-23-20(24-17-7-6-15(12-22-17)26-8-3-9-26)25-18(13)27(19(16)28)14-4-1-2-5-14/h6-7,10-12,14H,1-5,8-9H2,(H,22,23,24,25). The second-order valence-electron chi connectivity index (χ2n) is 7.45. The Bertz CT molecular complexity index is 1070. The Morgan fingerprint density at radius 2 is 1.89 bits per heavy atom. The van der Waals surface area contributed by atoms with E-state index in [0.717, 1.165) is 49.8 Å². The SMILES string of the molecule is O=c1c(Br)cc2cnc(Nc3ccc(N4CCC4)cn3)nc2n1C1CCCC1. The minimum atomic E-state index is -0.0268. The molecule has 1 saturated heterocycles. The van der Waals surface area contributed by atoms with Gasteiger partial charge in [-0.15, -0.1) is 0 Å². The average Bonchev–Trinajstić information content (AvgIpc) is 3.17. The number of anilines is 3. The number of hydrogen-bond acceptors (Lipinski definition) is 6. The highest BCUT2D eigenvalue weighted by Crippen LogP contribution is 2.31. The van der Waals surface area contributed by atoms with Gasteiger partial charge in [-0.3, -0.25) is 9.36 Å². The number of halogens is 1. The van der Waals surface area contributed by atoms with Crippen LogP contribution in [-0.2, 0) is 0 Å². The van der Waals surface area contributed by atoms with Gasteiger partial charge in [0.25, 0.3) is 5.56 Å². The molecule has 144 valence electrons. The summed E-state index contributed by atoms with van der Waals surface area (Å²) in [7, 11) is 0. The molecule has 0 radical (unpaired) electrons. The van der Waals surface area contributed by atoms with Gasteiger partial charge in [0.05, 0.1) is 16.4 Å². The number of nitrogens with zero attached hydrogens (tertiary/aromatic N) is 5. The Kier molecular flexibility index (Phi) is 4.50. The predicted octanol–water partition coefficient (Wildman–Crippen LogP) is 4.02. The first-order chi connectivity index (χ1) is 13.7. The molecule has 0 amide bonds. The van der Waals surface area contributed by atoms with Crippen molar-refractivity contribution in [3.8, 4) is 0 Å². The van der Waals surface area contributed by atoms with Crippen LogP contribution in [0.5, 0.6) is 0 Å². The van der Waals surface area contributed by atoms with Gasteiger partial charge in [-0.05, 0) is 53.4 Å². The molecule has 0 aromatic carbocycles. The maximum Gasteiger partial charge on any atom is 0.266 e. The quantitative estimate of drug-likeness (QED) is 0.659. The fourth-order valence-corrected chi connectivity index (χ4v) is 4.42. The van der Waals surface area contributed by atoms with Crippen molar-refractivity contribution in [2.45, 2.75) is 38.1 Å². The Labute approximate surface area is 171 Å². The highest BCUT2D eigenvalue weighted by atomic mass is 79.9. The van der Waals surface area contributed by atoms with Crippen LogP contribution in [0.3, 0.4) is 0 Å². The maximum absolute atomic E-state index is 12.8. The minimum absolute atomic E-state index is 0.0268. The van der Waals surface area contributed by atoms with Crippen molar-refractivity contribution in [3.63, 3.8) is 0 Å². The van der Waals surface area contributed by atoms with Crippen molar-refractivity contribution >= 4 is 44.4 Å². The molecule has 2 aliphatic rings. The minimum Gasteiger partial charge on any atom is -0.370 e. The lowest BCUT2D eigenvalue weighted by molar-refractivity contribution is 0.514. The summed E-state index contributed by atoms with van der Waals surface area (Å²) in [5.74, 6) is 1.14. The summed E-state index contributed by atoms with van der Waals surface area (Å²) in [6, 6.07) is 5.99. The third kappa shape index (κ3) is 3.15. The summed E-state index contributed by atoms with van der Waals surface area (Å²) in [6.45, 7) is 2.19. The summed E-state index contributed by atoms with van der Waals surface area (Å²) in [4.78, 5) is 28.7. The Morgan fingerprint density at radius 1 is 1.07 bits per heavy atom.